The van der Waals surface area contributed by atoms with E-state index >= 15 is 0 Å². The summed E-state index contributed by atoms with van der Waals surface area (Å²) in [5.41, 5.74) is 0.126. The Morgan fingerprint density at radius 3 is 2.55 bits per heavy atom. The monoisotopic (exact) mass is 282 g/mol. The fraction of sp³-hybridized carbons (Fsp3) is 0.938. The predicted octanol–water partition coefficient (Wildman–Crippen LogP) is 2.23. The summed E-state index contributed by atoms with van der Waals surface area (Å²) in [7, 11) is 0. The molecule has 2 N–H and O–H groups in total. The Bertz CT molecular complexity index is 324. The van der Waals surface area contributed by atoms with Gasteiger partial charge in [0.1, 0.15) is 0 Å². The van der Waals surface area contributed by atoms with E-state index in [-0.39, 0.29) is 11.3 Å². The third-order valence-electron chi connectivity index (χ3n) is 5.02. The minimum atomic E-state index is 0.126. The number of ether oxygens (including phenoxy) is 1. The van der Waals surface area contributed by atoms with Crippen LogP contribution in [-0.2, 0) is 9.53 Å². The van der Waals surface area contributed by atoms with Crippen molar-refractivity contribution in [3.05, 3.63) is 0 Å². The molecule has 2 saturated carbocycles. The van der Waals surface area contributed by atoms with Crippen LogP contribution in [0.25, 0.3) is 0 Å². The Kier molecular flexibility index (Phi) is 5.44. The van der Waals surface area contributed by atoms with E-state index in [4.69, 9.17) is 4.74 Å². The lowest BCUT2D eigenvalue weighted by Gasteiger charge is -2.51. The third kappa shape index (κ3) is 3.73. The summed E-state index contributed by atoms with van der Waals surface area (Å²) in [6.45, 7) is 7.67. The van der Waals surface area contributed by atoms with Gasteiger partial charge in [-0.3, -0.25) is 4.79 Å². The van der Waals surface area contributed by atoms with Gasteiger partial charge in [0.25, 0.3) is 0 Å². The summed E-state index contributed by atoms with van der Waals surface area (Å²) in [5, 5.41) is 6.55. The Labute approximate surface area is 123 Å². The van der Waals surface area contributed by atoms with E-state index in [1.807, 2.05) is 6.92 Å². The van der Waals surface area contributed by atoms with Crippen LogP contribution in [0.15, 0.2) is 0 Å². The predicted molar refractivity (Wildman–Crippen MR) is 80.6 cm³/mol. The molecule has 2 rings (SSSR count). The first-order valence-corrected chi connectivity index (χ1v) is 8.18. The third-order valence-corrected chi connectivity index (χ3v) is 5.02. The second kappa shape index (κ2) is 6.90. The van der Waals surface area contributed by atoms with Gasteiger partial charge in [-0.1, -0.05) is 33.1 Å². The molecule has 0 aromatic heterocycles. The molecule has 4 nitrogen and oxygen atoms in total. The average Bonchev–Trinajstić information content (AvgIpc) is 2.43. The zero-order valence-electron chi connectivity index (χ0n) is 13.2. The minimum absolute atomic E-state index is 0.126. The van der Waals surface area contributed by atoms with Crippen molar-refractivity contribution >= 4 is 5.91 Å². The van der Waals surface area contributed by atoms with Gasteiger partial charge in [-0.2, -0.15) is 0 Å². The van der Waals surface area contributed by atoms with Crippen LogP contribution in [-0.4, -0.2) is 37.2 Å². The topological polar surface area (TPSA) is 50.4 Å². The summed E-state index contributed by atoms with van der Waals surface area (Å²) >= 11 is 0. The highest BCUT2D eigenvalue weighted by atomic mass is 16.5. The molecule has 0 aliphatic heterocycles. The molecule has 1 amide bonds. The quantitative estimate of drug-likeness (QED) is 0.785. The Balaban J connectivity index is 1.66. The highest BCUT2D eigenvalue weighted by molar-refractivity contribution is 5.78. The first-order valence-electron chi connectivity index (χ1n) is 8.18. The zero-order chi connectivity index (χ0) is 14.6. The largest absolute Gasteiger partial charge is 0.378 e. The van der Waals surface area contributed by atoms with Crippen LogP contribution < -0.4 is 10.6 Å². The lowest BCUT2D eigenvalue weighted by atomic mass is 9.64. The number of amides is 1. The van der Waals surface area contributed by atoms with Crippen molar-refractivity contribution in [2.24, 2.45) is 5.41 Å². The first kappa shape index (κ1) is 15.8. The van der Waals surface area contributed by atoms with Crippen molar-refractivity contribution in [2.75, 3.05) is 13.2 Å². The number of carbonyl (C=O) groups is 1. The molecule has 0 radical (unpaired) electrons. The summed E-state index contributed by atoms with van der Waals surface area (Å²) < 4.78 is 5.71. The molecule has 2 atom stereocenters. The molecule has 2 aliphatic rings. The van der Waals surface area contributed by atoms with Gasteiger partial charge in [-0.15, -0.1) is 0 Å². The van der Waals surface area contributed by atoms with Gasteiger partial charge in [0, 0.05) is 24.1 Å². The van der Waals surface area contributed by atoms with E-state index in [1.54, 1.807) is 0 Å². The molecular formula is C16H30N2O2. The van der Waals surface area contributed by atoms with E-state index in [0.717, 1.165) is 25.9 Å². The normalized spacial score (nSPS) is 29.8. The van der Waals surface area contributed by atoms with Crippen molar-refractivity contribution in [3.63, 3.8) is 0 Å². The smallest absolute Gasteiger partial charge is 0.234 e. The van der Waals surface area contributed by atoms with Gasteiger partial charge < -0.3 is 15.4 Å². The van der Waals surface area contributed by atoms with Crippen LogP contribution in [0.1, 0.15) is 59.3 Å². The Morgan fingerprint density at radius 1 is 1.25 bits per heavy atom. The second-order valence-electron chi connectivity index (χ2n) is 6.84. The van der Waals surface area contributed by atoms with Crippen molar-refractivity contribution in [1.82, 2.24) is 10.6 Å². The molecule has 0 aromatic rings. The minimum Gasteiger partial charge on any atom is -0.378 e. The van der Waals surface area contributed by atoms with E-state index in [9.17, 15) is 4.79 Å². The van der Waals surface area contributed by atoms with E-state index in [2.05, 4.69) is 24.5 Å². The first-order chi connectivity index (χ1) is 9.54. The number of hydrogen-bond donors (Lipinski definition) is 2. The van der Waals surface area contributed by atoms with Crippen LogP contribution in [0.5, 0.6) is 0 Å². The van der Waals surface area contributed by atoms with Crippen molar-refractivity contribution in [2.45, 2.75) is 77.5 Å². The lowest BCUT2D eigenvalue weighted by molar-refractivity contribution is -0.127. The van der Waals surface area contributed by atoms with Gasteiger partial charge in [0.05, 0.1) is 12.6 Å². The summed E-state index contributed by atoms with van der Waals surface area (Å²) in [5.74, 6) is 0.146. The second-order valence-corrected chi connectivity index (χ2v) is 6.84. The molecule has 0 bridgehead atoms. The molecule has 0 aromatic carbocycles. The summed E-state index contributed by atoms with van der Waals surface area (Å²) in [4.78, 5) is 12.0. The van der Waals surface area contributed by atoms with Gasteiger partial charge in [0.15, 0.2) is 0 Å². The van der Waals surface area contributed by atoms with Crippen molar-refractivity contribution < 1.29 is 9.53 Å². The number of nitrogens with one attached hydrogen (secondary N) is 2. The molecule has 2 fully saturated rings. The molecule has 20 heavy (non-hydrogen) atoms. The van der Waals surface area contributed by atoms with Crippen molar-refractivity contribution in [3.8, 4) is 0 Å². The average molecular weight is 282 g/mol. The zero-order valence-corrected chi connectivity index (χ0v) is 13.2. The maximum Gasteiger partial charge on any atom is 0.234 e. The number of hydrogen-bond acceptors (Lipinski definition) is 3. The highest BCUT2D eigenvalue weighted by Gasteiger charge is 2.48. The maximum absolute atomic E-state index is 12.0. The van der Waals surface area contributed by atoms with Crippen LogP contribution in [0.4, 0.5) is 0 Å². The number of carbonyl (C=O) groups excluding carboxylic acids is 1. The van der Waals surface area contributed by atoms with Crippen molar-refractivity contribution in [1.29, 1.82) is 0 Å². The summed E-state index contributed by atoms with van der Waals surface area (Å²) in [6, 6.07) is 0.791. The highest BCUT2D eigenvalue weighted by Crippen LogP contribution is 2.42. The Hall–Kier alpha value is -0.610. The van der Waals surface area contributed by atoms with Crippen LogP contribution in [0.2, 0.25) is 0 Å². The molecule has 2 aliphatic carbocycles. The van der Waals surface area contributed by atoms with Gasteiger partial charge in [-0.05, 0) is 26.2 Å². The standard InChI is InChI=1S/C16H30N2O2/c1-4-20-14-10-13(16(14,2)3)17-11-15(19)18-12-8-6-5-7-9-12/h12-14,17H,4-11H2,1-3H3,(H,18,19). The molecule has 2 unspecified atom stereocenters. The van der Waals surface area contributed by atoms with Gasteiger partial charge in [0.2, 0.25) is 5.91 Å². The van der Waals surface area contributed by atoms with E-state index < -0.39 is 0 Å². The van der Waals surface area contributed by atoms with Gasteiger partial charge in [-0.25, -0.2) is 0 Å². The van der Waals surface area contributed by atoms with Crippen LogP contribution in [0, 0.1) is 5.41 Å². The van der Waals surface area contributed by atoms with E-state index in [0.29, 0.717) is 24.7 Å². The lowest BCUT2D eigenvalue weighted by Crippen LogP contribution is -2.62. The fourth-order valence-corrected chi connectivity index (χ4v) is 3.46. The molecular weight excluding hydrogens is 252 g/mol. The molecule has 116 valence electrons. The number of rotatable bonds is 6. The molecule has 0 heterocycles. The fourth-order valence-electron chi connectivity index (χ4n) is 3.46. The van der Waals surface area contributed by atoms with E-state index in [1.165, 1.54) is 19.3 Å². The van der Waals surface area contributed by atoms with Gasteiger partial charge >= 0.3 is 0 Å². The molecule has 0 spiro atoms. The van der Waals surface area contributed by atoms with Crippen LogP contribution >= 0.6 is 0 Å². The molecule has 4 heteroatoms. The molecule has 0 saturated heterocycles. The maximum atomic E-state index is 12.0. The summed E-state index contributed by atoms with van der Waals surface area (Å²) in [6.07, 6.45) is 7.46. The SMILES string of the molecule is CCOC1CC(NCC(=O)NC2CCCCC2)C1(C)C. The van der Waals surface area contributed by atoms with Crippen LogP contribution in [0.3, 0.4) is 0 Å². The Morgan fingerprint density at radius 2 is 1.95 bits per heavy atom.